The van der Waals surface area contributed by atoms with E-state index >= 15 is 0 Å². The Morgan fingerprint density at radius 1 is 1.16 bits per heavy atom. The third-order valence-electron chi connectivity index (χ3n) is 4.70. The van der Waals surface area contributed by atoms with Crippen molar-refractivity contribution in [3.63, 3.8) is 0 Å². The molecule has 0 unspecified atom stereocenters. The molecule has 1 aliphatic heterocycles. The molecule has 0 aliphatic carbocycles. The van der Waals surface area contributed by atoms with E-state index in [0.717, 1.165) is 25.1 Å². The van der Waals surface area contributed by atoms with Crippen LogP contribution in [0.4, 0.5) is 10.5 Å². The van der Waals surface area contributed by atoms with Gasteiger partial charge in [0.2, 0.25) is 0 Å². The fraction of sp³-hybridized carbons (Fsp3) is 0.381. The number of rotatable bonds is 4. The van der Waals surface area contributed by atoms with Crippen LogP contribution in [0, 0.1) is 13.8 Å². The van der Waals surface area contributed by atoms with Crippen molar-refractivity contribution in [2.75, 3.05) is 18.4 Å². The van der Waals surface area contributed by atoms with Crippen molar-refractivity contribution in [2.45, 2.75) is 39.4 Å². The molecule has 4 nitrogen and oxygen atoms in total. The molecule has 0 spiro atoms. The maximum absolute atomic E-state index is 12.5. The minimum absolute atomic E-state index is 0.0481. The van der Waals surface area contributed by atoms with Gasteiger partial charge in [-0.3, -0.25) is 0 Å². The van der Waals surface area contributed by atoms with Gasteiger partial charge in [0.25, 0.3) is 0 Å². The van der Waals surface area contributed by atoms with Crippen LogP contribution in [-0.2, 0) is 11.3 Å². The molecule has 1 fully saturated rings. The van der Waals surface area contributed by atoms with Crippen LogP contribution in [0.5, 0.6) is 0 Å². The number of amides is 2. The second-order valence-corrected chi connectivity index (χ2v) is 6.74. The normalized spacial score (nSPS) is 17.4. The van der Waals surface area contributed by atoms with E-state index < -0.39 is 0 Å². The molecular weight excluding hydrogens is 312 g/mol. The zero-order valence-corrected chi connectivity index (χ0v) is 15.0. The number of nitrogens with one attached hydrogen (secondary N) is 1. The summed E-state index contributed by atoms with van der Waals surface area (Å²) >= 11 is 0. The maximum Gasteiger partial charge on any atom is 0.321 e. The molecule has 1 saturated heterocycles. The largest absolute Gasteiger partial charge is 0.372 e. The number of anilines is 1. The van der Waals surface area contributed by atoms with Gasteiger partial charge >= 0.3 is 6.03 Å². The summed E-state index contributed by atoms with van der Waals surface area (Å²) < 4.78 is 6.07. The molecule has 0 saturated carbocycles. The molecule has 1 atom stereocenters. The lowest BCUT2D eigenvalue weighted by Crippen LogP contribution is -2.45. The number of piperidine rings is 1. The minimum Gasteiger partial charge on any atom is -0.372 e. The predicted molar refractivity (Wildman–Crippen MR) is 101 cm³/mol. The van der Waals surface area contributed by atoms with Crippen LogP contribution < -0.4 is 5.32 Å². The van der Waals surface area contributed by atoms with Crippen molar-refractivity contribution >= 4 is 11.7 Å². The monoisotopic (exact) mass is 338 g/mol. The molecule has 0 radical (unpaired) electrons. The van der Waals surface area contributed by atoms with Crippen molar-refractivity contribution in [3.05, 3.63) is 65.2 Å². The van der Waals surface area contributed by atoms with E-state index in [1.54, 1.807) is 0 Å². The SMILES string of the molecule is Cc1ccc(NC(=O)N2CCC[C@@H](OCc3ccccc3C)C2)cc1. The molecule has 0 aromatic heterocycles. The van der Waals surface area contributed by atoms with Gasteiger partial charge in [-0.1, -0.05) is 42.0 Å². The molecule has 1 heterocycles. The van der Waals surface area contributed by atoms with Crippen LogP contribution in [0.2, 0.25) is 0 Å². The zero-order valence-electron chi connectivity index (χ0n) is 15.0. The van der Waals surface area contributed by atoms with Gasteiger partial charge in [0.15, 0.2) is 0 Å². The summed E-state index contributed by atoms with van der Waals surface area (Å²) in [5.41, 5.74) is 4.47. The molecule has 132 valence electrons. The topological polar surface area (TPSA) is 41.6 Å². The van der Waals surface area contributed by atoms with Crippen molar-refractivity contribution in [1.29, 1.82) is 0 Å². The van der Waals surface area contributed by atoms with Gasteiger partial charge in [0.05, 0.1) is 12.7 Å². The molecule has 2 aromatic carbocycles. The Morgan fingerprint density at radius 3 is 2.68 bits per heavy atom. The maximum atomic E-state index is 12.5. The summed E-state index contributed by atoms with van der Waals surface area (Å²) in [7, 11) is 0. The Bertz CT molecular complexity index is 712. The van der Waals surface area contributed by atoms with Gasteiger partial charge in [-0.05, 0) is 49.9 Å². The van der Waals surface area contributed by atoms with E-state index in [-0.39, 0.29) is 12.1 Å². The first-order valence-electron chi connectivity index (χ1n) is 8.90. The van der Waals surface area contributed by atoms with Crippen LogP contribution in [0.3, 0.4) is 0 Å². The highest BCUT2D eigenvalue weighted by molar-refractivity contribution is 5.89. The smallest absolute Gasteiger partial charge is 0.321 e. The van der Waals surface area contributed by atoms with E-state index in [4.69, 9.17) is 4.74 Å². The highest BCUT2D eigenvalue weighted by atomic mass is 16.5. The first kappa shape index (κ1) is 17.5. The Labute approximate surface area is 149 Å². The number of ether oxygens (including phenoxy) is 1. The number of aryl methyl sites for hydroxylation is 2. The number of hydrogen-bond acceptors (Lipinski definition) is 2. The Hall–Kier alpha value is -2.33. The summed E-state index contributed by atoms with van der Waals surface area (Å²) in [6.45, 7) is 6.16. The third kappa shape index (κ3) is 4.83. The van der Waals surface area contributed by atoms with Gasteiger partial charge in [-0.2, -0.15) is 0 Å². The average molecular weight is 338 g/mol. The van der Waals surface area contributed by atoms with E-state index in [1.165, 1.54) is 16.7 Å². The second-order valence-electron chi connectivity index (χ2n) is 6.74. The Balaban J connectivity index is 1.52. The van der Waals surface area contributed by atoms with Gasteiger partial charge in [0.1, 0.15) is 0 Å². The second kappa shape index (κ2) is 8.17. The summed E-state index contributed by atoms with van der Waals surface area (Å²) in [6.07, 6.45) is 2.07. The lowest BCUT2D eigenvalue weighted by Gasteiger charge is -2.32. The molecule has 3 rings (SSSR count). The van der Waals surface area contributed by atoms with Crippen molar-refractivity contribution in [3.8, 4) is 0 Å². The molecule has 4 heteroatoms. The number of nitrogens with zero attached hydrogens (tertiary/aromatic N) is 1. The van der Waals surface area contributed by atoms with Crippen LogP contribution in [-0.4, -0.2) is 30.1 Å². The molecule has 1 N–H and O–H groups in total. The highest BCUT2D eigenvalue weighted by Gasteiger charge is 2.24. The summed E-state index contributed by atoms with van der Waals surface area (Å²) in [4.78, 5) is 14.3. The summed E-state index contributed by atoms with van der Waals surface area (Å²) in [6, 6.07) is 16.1. The molecule has 25 heavy (non-hydrogen) atoms. The van der Waals surface area contributed by atoms with E-state index in [9.17, 15) is 4.79 Å². The lowest BCUT2D eigenvalue weighted by molar-refractivity contribution is 0.000830. The van der Waals surface area contributed by atoms with Crippen molar-refractivity contribution in [2.24, 2.45) is 0 Å². The number of hydrogen-bond donors (Lipinski definition) is 1. The van der Waals surface area contributed by atoms with Gasteiger partial charge < -0.3 is 15.0 Å². The number of benzene rings is 2. The zero-order chi connectivity index (χ0) is 17.6. The molecule has 2 amide bonds. The summed E-state index contributed by atoms with van der Waals surface area (Å²) in [5.74, 6) is 0. The number of carbonyl (C=O) groups is 1. The van der Waals surface area contributed by atoms with Crippen LogP contribution in [0.25, 0.3) is 0 Å². The van der Waals surface area contributed by atoms with Crippen LogP contribution in [0.1, 0.15) is 29.5 Å². The van der Waals surface area contributed by atoms with Crippen molar-refractivity contribution in [1.82, 2.24) is 4.90 Å². The van der Waals surface area contributed by atoms with E-state index in [1.807, 2.05) is 48.2 Å². The molecule has 2 aromatic rings. The first-order valence-corrected chi connectivity index (χ1v) is 8.90. The van der Waals surface area contributed by atoms with Gasteiger partial charge in [0, 0.05) is 18.8 Å². The fourth-order valence-electron chi connectivity index (χ4n) is 3.08. The number of likely N-dealkylation sites (tertiary alicyclic amines) is 1. The van der Waals surface area contributed by atoms with E-state index in [0.29, 0.717) is 13.2 Å². The fourth-order valence-corrected chi connectivity index (χ4v) is 3.08. The van der Waals surface area contributed by atoms with Gasteiger partial charge in [-0.25, -0.2) is 4.79 Å². The van der Waals surface area contributed by atoms with Crippen molar-refractivity contribution < 1.29 is 9.53 Å². The summed E-state index contributed by atoms with van der Waals surface area (Å²) in [5, 5.41) is 2.97. The molecule has 1 aliphatic rings. The highest BCUT2D eigenvalue weighted by Crippen LogP contribution is 2.18. The van der Waals surface area contributed by atoms with Crippen LogP contribution in [0.15, 0.2) is 48.5 Å². The number of carbonyl (C=O) groups excluding carboxylic acids is 1. The van der Waals surface area contributed by atoms with Crippen LogP contribution >= 0.6 is 0 Å². The molecule has 0 bridgehead atoms. The Kier molecular flexibility index (Phi) is 5.71. The van der Waals surface area contributed by atoms with Gasteiger partial charge in [-0.15, -0.1) is 0 Å². The number of urea groups is 1. The molecular formula is C21H26N2O2. The first-order chi connectivity index (χ1) is 12.1. The standard InChI is InChI=1S/C21H26N2O2/c1-16-9-11-19(12-10-16)22-21(24)23-13-5-8-20(14-23)25-15-18-7-4-3-6-17(18)2/h3-4,6-7,9-12,20H,5,8,13-15H2,1-2H3,(H,22,24)/t20-/m1/s1. The van der Waals surface area contributed by atoms with E-state index in [2.05, 4.69) is 24.4 Å². The Morgan fingerprint density at radius 2 is 1.92 bits per heavy atom. The lowest BCUT2D eigenvalue weighted by atomic mass is 10.1. The average Bonchev–Trinajstić information content (AvgIpc) is 2.63. The minimum atomic E-state index is -0.0481. The quantitative estimate of drug-likeness (QED) is 0.891. The third-order valence-corrected chi connectivity index (χ3v) is 4.70. The predicted octanol–water partition coefficient (Wildman–Crippen LogP) is 4.52.